The van der Waals surface area contributed by atoms with Crippen LogP contribution < -0.4 is 4.72 Å². The predicted octanol–water partition coefficient (Wildman–Crippen LogP) is 3.49. The molecule has 6 nitrogen and oxygen atoms in total. The van der Waals surface area contributed by atoms with Gasteiger partial charge in [-0.3, -0.25) is 4.72 Å². The molecular weight excluding hydrogens is 482 g/mol. The highest BCUT2D eigenvalue weighted by Gasteiger charge is 2.24. The van der Waals surface area contributed by atoms with Gasteiger partial charge >= 0.3 is 0 Å². The van der Waals surface area contributed by atoms with E-state index in [4.69, 9.17) is 16.7 Å². The van der Waals surface area contributed by atoms with Gasteiger partial charge in [-0.15, -0.1) is 0 Å². The van der Waals surface area contributed by atoms with Crippen LogP contribution in [0.3, 0.4) is 0 Å². The smallest absolute Gasteiger partial charge is 0.264 e. The molecule has 0 aliphatic rings. The monoisotopic (exact) mass is 494 g/mol. The summed E-state index contributed by atoms with van der Waals surface area (Å²) in [4.78, 5) is -0.216. The van der Waals surface area contributed by atoms with Crippen molar-refractivity contribution in [3.63, 3.8) is 0 Å². The highest BCUT2D eigenvalue weighted by Crippen LogP contribution is 2.31. The van der Waals surface area contributed by atoms with Crippen LogP contribution in [0.25, 0.3) is 10.9 Å². The topological polar surface area (TPSA) is 91.6 Å². The minimum atomic E-state index is -4.31. The van der Waals surface area contributed by atoms with Crippen molar-refractivity contribution in [3.8, 4) is 0 Å². The molecule has 3 N–H and O–H groups in total. The SMILES string of the molecule is O=S(=O)(Nc1cc(F)c(Br)cc1F)c1cn(CC(O)CO)c2cc(Cl)ccc12. The van der Waals surface area contributed by atoms with Gasteiger partial charge in [0.05, 0.1) is 34.9 Å². The minimum absolute atomic E-state index is 0.0931. The molecule has 1 unspecified atom stereocenters. The Bertz CT molecular complexity index is 1150. The summed E-state index contributed by atoms with van der Waals surface area (Å²) in [6.45, 7) is -0.617. The van der Waals surface area contributed by atoms with Crippen molar-refractivity contribution in [2.75, 3.05) is 11.3 Å². The van der Waals surface area contributed by atoms with E-state index >= 15 is 0 Å². The Morgan fingerprint density at radius 3 is 2.61 bits per heavy atom. The number of rotatable bonds is 6. The Kier molecular flexibility index (Phi) is 5.97. The number of nitrogens with zero attached hydrogens (tertiary/aromatic N) is 1. The molecule has 0 saturated heterocycles. The first-order chi connectivity index (χ1) is 13.1. The van der Waals surface area contributed by atoms with E-state index in [-0.39, 0.29) is 21.3 Å². The summed E-state index contributed by atoms with van der Waals surface area (Å²) in [5.41, 5.74) is -0.159. The number of aliphatic hydroxyl groups is 2. The highest BCUT2D eigenvalue weighted by molar-refractivity contribution is 9.10. The molecule has 0 amide bonds. The number of fused-ring (bicyclic) bond motifs is 1. The molecule has 3 rings (SSSR count). The number of aromatic nitrogens is 1. The average molecular weight is 496 g/mol. The van der Waals surface area contributed by atoms with E-state index in [9.17, 15) is 22.3 Å². The minimum Gasteiger partial charge on any atom is -0.394 e. The van der Waals surface area contributed by atoms with E-state index in [1.54, 1.807) is 0 Å². The van der Waals surface area contributed by atoms with Crippen LogP contribution in [-0.4, -0.2) is 35.9 Å². The summed E-state index contributed by atoms with van der Waals surface area (Å²) in [5, 5.41) is 19.4. The molecule has 2 aromatic carbocycles. The van der Waals surface area contributed by atoms with E-state index in [0.717, 1.165) is 12.1 Å². The van der Waals surface area contributed by atoms with Crippen molar-refractivity contribution in [1.82, 2.24) is 4.57 Å². The maximum atomic E-state index is 14.1. The zero-order valence-corrected chi connectivity index (χ0v) is 17.2. The van der Waals surface area contributed by atoms with Gasteiger partial charge < -0.3 is 14.8 Å². The van der Waals surface area contributed by atoms with Gasteiger partial charge in [0, 0.05) is 22.7 Å². The lowest BCUT2D eigenvalue weighted by atomic mass is 10.2. The predicted molar refractivity (Wildman–Crippen MR) is 105 cm³/mol. The third kappa shape index (κ3) is 4.15. The van der Waals surface area contributed by atoms with Gasteiger partial charge in [0.2, 0.25) is 0 Å². The van der Waals surface area contributed by atoms with Crippen LogP contribution in [0.4, 0.5) is 14.5 Å². The molecular formula is C17H14BrClF2N2O4S. The van der Waals surface area contributed by atoms with E-state index in [1.807, 2.05) is 4.72 Å². The van der Waals surface area contributed by atoms with Crippen LogP contribution in [0.15, 0.2) is 45.9 Å². The third-order valence-corrected chi connectivity index (χ3v) is 6.21. The first-order valence-corrected chi connectivity index (χ1v) is 10.5. The Labute approximate surface area is 172 Å². The summed E-state index contributed by atoms with van der Waals surface area (Å²) in [6.07, 6.45) is 0.103. The van der Waals surface area contributed by atoms with E-state index in [0.29, 0.717) is 10.5 Å². The molecule has 0 spiro atoms. The summed E-state index contributed by atoms with van der Waals surface area (Å²) in [6, 6.07) is 5.98. The van der Waals surface area contributed by atoms with Gasteiger partial charge in [-0.25, -0.2) is 17.2 Å². The standard InChI is InChI=1S/C17H14BrClF2N2O4S/c18-12-4-14(21)15(5-13(12)20)22-28(26,27)17-7-23(6-10(25)8-24)16-3-9(19)1-2-11(16)17/h1-5,7,10,22,24-25H,6,8H2. The lowest BCUT2D eigenvalue weighted by molar-refractivity contribution is 0.0821. The van der Waals surface area contributed by atoms with Crippen molar-refractivity contribution in [3.05, 3.63) is 57.7 Å². The molecule has 0 saturated carbocycles. The van der Waals surface area contributed by atoms with Crippen LogP contribution in [0.5, 0.6) is 0 Å². The highest BCUT2D eigenvalue weighted by atomic mass is 79.9. The molecule has 3 aromatic rings. The number of anilines is 1. The third-order valence-electron chi connectivity index (χ3n) is 3.97. The number of hydrogen-bond acceptors (Lipinski definition) is 4. The second-order valence-electron chi connectivity index (χ2n) is 6.00. The number of nitrogens with one attached hydrogen (secondary N) is 1. The lowest BCUT2D eigenvalue weighted by Crippen LogP contribution is -2.19. The Balaban J connectivity index is 2.10. The molecule has 1 aromatic heterocycles. The molecule has 0 radical (unpaired) electrons. The molecule has 11 heteroatoms. The molecule has 0 bridgehead atoms. The normalized spacial score (nSPS) is 13.1. The van der Waals surface area contributed by atoms with Crippen molar-refractivity contribution in [1.29, 1.82) is 0 Å². The summed E-state index contributed by atoms with van der Waals surface area (Å²) < 4.78 is 56.8. The fourth-order valence-electron chi connectivity index (χ4n) is 2.68. The van der Waals surface area contributed by atoms with Crippen LogP contribution in [-0.2, 0) is 16.6 Å². The quantitative estimate of drug-likeness (QED) is 0.457. The van der Waals surface area contributed by atoms with Gasteiger partial charge in [-0.05, 0) is 40.2 Å². The van der Waals surface area contributed by atoms with Gasteiger partial charge in [-0.2, -0.15) is 0 Å². The van der Waals surface area contributed by atoms with Crippen molar-refractivity contribution in [2.45, 2.75) is 17.5 Å². The molecule has 1 heterocycles. The van der Waals surface area contributed by atoms with Crippen molar-refractivity contribution >= 4 is 54.1 Å². The number of aliphatic hydroxyl groups excluding tert-OH is 2. The van der Waals surface area contributed by atoms with E-state index in [2.05, 4.69) is 15.9 Å². The van der Waals surface area contributed by atoms with Crippen LogP contribution >= 0.6 is 27.5 Å². The second-order valence-corrected chi connectivity index (χ2v) is 8.94. The average Bonchev–Trinajstić information content (AvgIpc) is 2.98. The summed E-state index contributed by atoms with van der Waals surface area (Å²) in [7, 11) is -4.31. The van der Waals surface area contributed by atoms with Crippen LogP contribution in [0.1, 0.15) is 0 Å². The van der Waals surface area contributed by atoms with Gasteiger partial charge in [0.15, 0.2) is 0 Å². The Morgan fingerprint density at radius 2 is 1.93 bits per heavy atom. The molecule has 0 aliphatic carbocycles. The van der Waals surface area contributed by atoms with Gasteiger partial charge in [0.1, 0.15) is 16.5 Å². The number of benzene rings is 2. The van der Waals surface area contributed by atoms with E-state index in [1.165, 1.54) is 29.0 Å². The number of halogens is 4. The molecule has 150 valence electrons. The van der Waals surface area contributed by atoms with Crippen molar-refractivity contribution < 1.29 is 27.4 Å². The summed E-state index contributed by atoms with van der Waals surface area (Å²) >= 11 is 8.81. The molecule has 0 fully saturated rings. The number of hydrogen-bond donors (Lipinski definition) is 3. The first kappa shape index (κ1) is 21.0. The fourth-order valence-corrected chi connectivity index (χ4v) is 4.45. The zero-order chi connectivity index (χ0) is 20.6. The van der Waals surface area contributed by atoms with Crippen LogP contribution in [0.2, 0.25) is 5.02 Å². The van der Waals surface area contributed by atoms with E-state index < -0.39 is 40.1 Å². The van der Waals surface area contributed by atoms with Crippen LogP contribution in [0, 0.1) is 11.6 Å². The maximum absolute atomic E-state index is 14.1. The summed E-state index contributed by atoms with van der Waals surface area (Å²) in [5.74, 6) is -1.79. The molecule has 28 heavy (non-hydrogen) atoms. The lowest BCUT2D eigenvalue weighted by Gasteiger charge is -2.10. The Hall–Kier alpha value is -1.72. The Morgan fingerprint density at radius 1 is 1.21 bits per heavy atom. The maximum Gasteiger partial charge on any atom is 0.264 e. The first-order valence-electron chi connectivity index (χ1n) is 7.87. The second kappa shape index (κ2) is 7.96. The largest absolute Gasteiger partial charge is 0.394 e. The fraction of sp³-hybridized carbons (Fsp3) is 0.176. The number of sulfonamides is 1. The van der Waals surface area contributed by atoms with Gasteiger partial charge in [-0.1, -0.05) is 11.6 Å². The molecule has 0 aliphatic heterocycles. The zero-order valence-electron chi connectivity index (χ0n) is 14.0. The van der Waals surface area contributed by atoms with Crippen molar-refractivity contribution in [2.24, 2.45) is 0 Å². The van der Waals surface area contributed by atoms with Gasteiger partial charge in [0.25, 0.3) is 10.0 Å². The molecule has 1 atom stereocenters.